The van der Waals surface area contributed by atoms with E-state index in [2.05, 4.69) is 22.5 Å². The van der Waals surface area contributed by atoms with Gasteiger partial charge in [0, 0.05) is 19.1 Å². The van der Waals surface area contributed by atoms with Crippen molar-refractivity contribution in [2.24, 2.45) is 11.7 Å². The third-order valence-electron chi connectivity index (χ3n) is 3.26. The van der Waals surface area contributed by atoms with Gasteiger partial charge in [-0.05, 0) is 32.2 Å². The summed E-state index contributed by atoms with van der Waals surface area (Å²) in [6.07, 6.45) is 1.87. The number of rotatable bonds is 5. The number of hydrogen-bond acceptors (Lipinski definition) is 4. The number of amides is 3. The van der Waals surface area contributed by atoms with Gasteiger partial charge in [-0.2, -0.15) is 0 Å². The SMILES string of the molecule is CCCNC(=O)NC(=O)CN1CC(CN)CC1C. The minimum atomic E-state index is -0.413. The van der Waals surface area contributed by atoms with Crippen molar-refractivity contribution in [2.45, 2.75) is 32.7 Å². The number of imide groups is 1. The smallest absolute Gasteiger partial charge is 0.321 e. The average molecular weight is 256 g/mol. The predicted molar refractivity (Wildman–Crippen MR) is 70.0 cm³/mol. The van der Waals surface area contributed by atoms with Gasteiger partial charge in [-0.15, -0.1) is 0 Å². The van der Waals surface area contributed by atoms with Crippen LogP contribution in [0.4, 0.5) is 4.79 Å². The van der Waals surface area contributed by atoms with Crippen molar-refractivity contribution in [1.29, 1.82) is 0 Å². The number of nitrogens with one attached hydrogen (secondary N) is 2. The second-order valence-electron chi connectivity index (χ2n) is 4.92. The van der Waals surface area contributed by atoms with Gasteiger partial charge in [0.15, 0.2) is 0 Å². The van der Waals surface area contributed by atoms with Crippen LogP contribution in [0, 0.1) is 5.92 Å². The van der Waals surface area contributed by atoms with Gasteiger partial charge in [-0.1, -0.05) is 6.92 Å². The number of likely N-dealkylation sites (tertiary alicyclic amines) is 1. The topological polar surface area (TPSA) is 87.5 Å². The summed E-state index contributed by atoms with van der Waals surface area (Å²) in [5, 5.41) is 4.94. The lowest BCUT2D eigenvalue weighted by atomic mass is 10.1. The molecule has 0 aliphatic carbocycles. The molecule has 1 aliphatic rings. The third kappa shape index (κ3) is 4.62. The summed E-state index contributed by atoms with van der Waals surface area (Å²) >= 11 is 0. The molecule has 18 heavy (non-hydrogen) atoms. The molecule has 0 aromatic rings. The Bertz CT molecular complexity index is 296. The molecule has 0 spiro atoms. The number of urea groups is 1. The van der Waals surface area contributed by atoms with E-state index in [1.807, 2.05) is 6.92 Å². The Hall–Kier alpha value is -1.14. The molecule has 0 aromatic heterocycles. The lowest BCUT2D eigenvalue weighted by molar-refractivity contribution is -0.121. The molecule has 6 nitrogen and oxygen atoms in total. The van der Waals surface area contributed by atoms with Crippen LogP contribution in [0.5, 0.6) is 0 Å². The van der Waals surface area contributed by atoms with Gasteiger partial charge in [-0.25, -0.2) is 4.79 Å². The van der Waals surface area contributed by atoms with Crippen molar-refractivity contribution >= 4 is 11.9 Å². The molecular formula is C12H24N4O2. The van der Waals surface area contributed by atoms with Gasteiger partial charge < -0.3 is 11.1 Å². The van der Waals surface area contributed by atoms with E-state index in [0.29, 0.717) is 25.0 Å². The van der Waals surface area contributed by atoms with E-state index in [1.54, 1.807) is 0 Å². The van der Waals surface area contributed by atoms with Crippen LogP contribution < -0.4 is 16.4 Å². The Kier molecular flexibility index (Phi) is 6.07. The molecule has 1 heterocycles. The minimum absolute atomic E-state index is 0.256. The van der Waals surface area contributed by atoms with E-state index < -0.39 is 6.03 Å². The van der Waals surface area contributed by atoms with Crippen molar-refractivity contribution in [2.75, 3.05) is 26.2 Å². The Morgan fingerprint density at radius 2 is 2.17 bits per heavy atom. The van der Waals surface area contributed by atoms with E-state index >= 15 is 0 Å². The zero-order valence-electron chi connectivity index (χ0n) is 11.2. The van der Waals surface area contributed by atoms with Crippen LogP contribution in [0.25, 0.3) is 0 Å². The molecule has 0 bridgehead atoms. The van der Waals surface area contributed by atoms with Crippen LogP contribution >= 0.6 is 0 Å². The predicted octanol–water partition coefficient (Wildman–Crippen LogP) is -0.109. The molecule has 0 radical (unpaired) electrons. The monoisotopic (exact) mass is 256 g/mol. The highest BCUT2D eigenvalue weighted by Gasteiger charge is 2.29. The molecule has 0 saturated carbocycles. The quantitative estimate of drug-likeness (QED) is 0.640. The molecule has 1 saturated heterocycles. The number of hydrogen-bond donors (Lipinski definition) is 3. The van der Waals surface area contributed by atoms with Crippen molar-refractivity contribution < 1.29 is 9.59 Å². The number of nitrogens with two attached hydrogens (primary N) is 1. The Morgan fingerprint density at radius 3 is 2.72 bits per heavy atom. The Balaban J connectivity index is 2.30. The Morgan fingerprint density at radius 1 is 1.44 bits per heavy atom. The van der Waals surface area contributed by atoms with Crippen LogP contribution in [-0.2, 0) is 4.79 Å². The fraction of sp³-hybridized carbons (Fsp3) is 0.833. The second kappa shape index (κ2) is 7.33. The van der Waals surface area contributed by atoms with Gasteiger partial charge in [0.25, 0.3) is 0 Å². The van der Waals surface area contributed by atoms with Crippen molar-refractivity contribution in [3.63, 3.8) is 0 Å². The molecule has 1 rings (SSSR count). The number of carbonyl (C=O) groups excluding carboxylic acids is 2. The first-order valence-corrected chi connectivity index (χ1v) is 6.58. The average Bonchev–Trinajstić information content (AvgIpc) is 2.67. The molecule has 6 heteroatoms. The highest BCUT2D eigenvalue weighted by Crippen LogP contribution is 2.21. The molecule has 104 valence electrons. The first-order valence-electron chi connectivity index (χ1n) is 6.58. The number of nitrogens with zero attached hydrogens (tertiary/aromatic N) is 1. The van der Waals surface area contributed by atoms with E-state index in [9.17, 15) is 9.59 Å². The maximum atomic E-state index is 11.7. The van der Waals surface area contributed by atoms with Gasteiger partial charge in [0.05, 0.1) is 6.54 Å². The summed E-state index contributed by atoms with van der Waals surface area (Å²) < 4.78 is 0. The van der Waals surface area contributed by atoms with E-state index in [1.165, 1.54) is 0 Å². The normalized spacial score (nSPS) is 23.9. The van der Waals surface area contributed by atoms with Crippen LogP contribution in [0.3, 0.4) is 0 Å². The lowest BCUT2D eigenvalue weighted by Crippen LogP contribution is -2.45. The highest BCUT2D eigenvalue weighted by molar-refractivity contribution is 5.95. The maximum absolute atomic E-state index is 11.7. The molecule has 2 unspecified atom stereocenters. The molecule has 2 atom stereocenters. The van der Waals surface area contributed by atoms with Crippen molar-refractivity contribution in [3.8, 4) is 0 Å². The molecule has 1 fully saturated rings. The van der Waals surface area contributed by atoms with E-state index in [4.69, 9.17) is 5.73 Å². The molecule has 3 amide bonds. The van der Waals surface area contributed by atoms with Gasteiger partial charge in [0.2, 0.25) is 5.91 Å². The van der Waals surface area contributed by atoms with Gasteiger partial charge in [-0.3, -0.25) is 15.0 Å². The first-order chi connectivity index (χ1) is 8.56. The summed E-state index contributed by atoms with van der Waals surface area (Å²) in [6, 6.07) is -0.0629. The largest absolute Gasteiger partial charge is 0.338 e. The second-order valence-corrected chi connectivity index (χ2v) is 4.92. The molecule has 0 aromatic carbocycles. The highest BCUT2D eigenvalue weighted by atomic mass is 16.2. The zero-order valence-corrected chi connectivity index (χ0v) is 11.2. The fourth-order valence-electron chi connectivity index (χ4n) is 2.24. The standard InChI is InChI=1S/C12H24N4O2/c1-3-4-14-12(18)15-11(17)8-16-7-10(6-13)5-9(16)2/h9-10H,3-8,13H2,1-2H3,(H2,14,15,17,18). The summed E-state index contributed by atoms with van der Waals surface area (Å²) in [6.45, 7) is 6.37. The van der Waals surface area contributed by atoms with Crippen molar-refractivity contribution in [1.82, 2.24) is 15.5 Å². The van der Waals surface area contributed by atoms with Crippen molar-refractivity contribution in [3.05, 3.63) is 0 Å². The van der Waals surface area contributed by atoms with Gasteiger partial charge in [0.1, 0.15) is 0 Å². The molecular weight excluding hydrogens is 232 g/mol. The van der Waals surface area contributed by atoms with E-state index in [0.717, 1.165) is 19.4 Å². The molecule has 4 N–H and O–H groups in total. The minimum Gasteiger partial charge on any atom is -0.338 e. The summed E-state index contributed by atoms with van der Waals surface area (Å²) in [4.78, 5) is 25.0. The summed E-state index contributed by atoms with van der Waals surface area (Å²) in [5.74, 6) is 0.204. The lowest BCUT2D eigenvalue weighted by Gasteiger charge is -2.19. The Labute approximate surface area is 108 Å². The third-order valence-corrected chi connectivity index (χ3v) is 3.26. The summed E-state index contributed by atoms with van der Waals surface area (Å²) in [7, 11) is 0. The fourth-order valence-corrected chi connectivity index (χ4v) is 2.24. The van der Waals surface area contributed by atoms with Crippen LogP contribution in [0.15, 0.2) is 0 Å². The zero-order chi connectivity index (χ0) is 13.5. The van der Waals surface area contributed by atoms with Crippen LogP contribution in [-0.4, -0.2) is 49.1 Å². The van der Waals surface area contributed by atoms with Crippen LogP contribution in [0.1, 0.15) is 26.7 Å². The van der Waals surface area contributed by atoms with Crippen LogP contribution in [0.2, 0.25) is 0 Å². The first kappa shape index (κ1) is 14.9. The van der Waals surface area contributed by atoms with E-state index in [-0.39, 0.29) is 12.5 Å². The summed E-state index contributed by atoms with van der Waals surface area (Å²) in [5.41, 5.74) is 5.63. The van der Waals surface area contributed by atoms with Gasteiger partial charge >= 0.3 is 6.03 Å². The number of carbonyl (C=O) groups is 2. The molecule has 1 aliphatic heterocycles. The maximum Gasteiger partial charge on any atom is 0.321 e.